The first kappa shape index (κ1) is 30.2. The van der Waals surface area contributed by atoms with Crippen molar-refractivity contribution < 1.29 is 0 Å². The lowest BCUT2D eigenvalue weighted by atomic mass is 10.0. The van der Waals surface area contributed by atoms with Crippen LogP contribution in [0.25, 0.3) is 65.8 Å². The Morgan fingerprint density at radius 1 is 0.396 bits per heavy atom. The van der Waals surface area contributed by atoms with Crippen molar-refractivity contribution in [2.75, 3.05) is 4.90 Å². The minimum absolute atomic E-state index is 0.428. The minimum Gasteiger partial charge on any atom is -0.310 e. The smallest absolute Gasteiger partial charge is 0.101 e. The number of nitrogens with zero attached hydrogens (tertiary/aromatic N) is 5. The van der Waals surface area contributed by atoms with Crippen molar-refractivity contribution in [2.24, 2.45) is 0 Å². The molecule has 0 aliphatic carbocycles. The summed E-state index contributed by atoms with van der Waals surface area (Å²) >= 11 is 0. The summed E-state index contributed by atoms with van der Waals surface area (Å²) in [5.74, 6) is 0. The van der Waals surface area contributed by atoms with E-state index in [0.717, 1.165) is 77.1 Å². The first-order valence-corrected chi connectivity index (χ1v) is 17.6. The summed E-state index contributed by atoms with van der Waals surface area (Å²) in [6.07, 6.45) is 0. The van der Waals surface area contributed by atoms with E-state index in [4.69, 9.17) is 0 Å². The fourth-order valence-electron chi connectivity index (χ4n) is 8.12. The van der Waals surface area contributed by atoms with Crippen LogP contribution in [0.4, 0.5) is 17.1 Å². The van der Waals surface area contributed by atoms with E-state index < -0.39 is 0 Å². The molecule has 2 heterocycles. The molecule has 2 aromatic heterocycles. The van der Waals surface area contributed by atoms with Gasteiger partial charge in [-0.25, -0.2) is 0 Å². The van der Waals surface area contributed by atoms with Crippen LogP contribution in [0.3, 0.4) is 0 Å². The van der Waals surface area contributed by atoms with E-state index in [9.17, 15) is 10.5 Å². The van der Waals surface area contributed by atoms with Gasteiger partial charge in [0.05, 0.1) is 38.9 Å². The molecule has 10 aromatic rings. The molecule has 0 fully saturated rings. The largest absolute Gasteiger partial charge is 0.310 e. The molecule has 0 saturated heterocycles. The summed E-state index contributed by atoms with van der Waals surface area (Å²) in [6, 6.07) is 65.3. The van der Waals surface area contributed by atoms with Crippen molar-refractivity contribution in [3.05, 3.63) is 187 Å². The number of aromatic nitrogens is 2. The van der Waals surface area contributed by atoms with Gasteiger partial charge in [0.15, 0.2) is 0 Å². The van der Waals surface area contributed by atoms with Gasteiger partial charge in [-0.05, 0) is 83.6 Å². The maximum atomic E-state index is 10.8. The number of hydrogen-bond donors (Lipinski definition) is 0. The molecule has 246 valence electrons. The van der Waals surface area contributed by atoms with E-state index in [0.29, 0.717) is 16.8 Å². The second kappa shape index (κ2) is 12.0. The zero-order valence-electron chi connectivity index (χ0n) is 28.5. The van der Waals surface area contributed by atoms with Crippen molar-refractivity contribution in [3.8, 4) is 23.5 Å². The third kappa shape index (κ3) is 4.62. The normalized spacial score (nSPS) is 11.4. The molecule has 53 heavy (non-hydrogen) atoms. The molecule has 8 aromatic carbocycles. The second-order valence-corrected chi connectivity index (χ2v) is 13.2. The van der Waals surface area contributed by atoms with Crippen molar-refractivity contribution in [2.45, 2.75) is 0 Å². The van der Waals surface area contributed by atoms with Gasteiger partial charge in [0.2, 0.25) is 0 Å². The van der Waals surface area contributed by atoms with Gasteiger partial charge in [-0.15, -0.1) is 0 Å². The van der Waals surface area contributed by atoms with E-state index in [1.807, 2.05) is 48.5 Å². The molecule has 0 aliphatic rings. The topological polar surface area (TPSA) is 60.7 Å². The van der Waals surface area contributed by atoms with Gasteiger partial charge in [0.1, 0.15) is 12.1 Å². The summed E-state index contributed by atoms with van der Waals surface area (Å²) in [4.78, 5) is 2.27. The van der Waals surface area contributed by atoms with Crippen molar-refractivity contribution in [3.63, 3.8) is 0 Å². The Kier molecular flexibility index (Phi) is 6.86. The summed E-state index contributed by atoms with van der Waals surface area (Å²) in [6.45, 7) is 0. The number of benzene rings is 8. The first-order chi connectivity index (χ1) is 26.2. The lowest BCUT2D eigenvalue weighted by Crippen LogP contribution is -2.09. The summed E-state index contributed by atoms with van der Waals surface area (Å²) in [5, 5.41) is 28.2. The number of fused-ring (bicyclic) bond motifs is 8. The summed E-state index contributed by atoms with van der Waals surface area (Å²) in [7, 11) is 0. The fraction of sp³-hybridized carbons (Fsp3) is 0. The van der Waals surface area contributed by atoms with Crippen LogP contribution in [0, 0.1) is 22.7 Å². The Labute approximate surface area is 305 Å². The van der Waals surface area contributed by atoms with Gasteiger partial charge in [-0.3, -0.25) is 0 Å². The number of rotatable bonds is 5. The molecular weight excluding hydrogens is 647 g/mol. The van der Waals surface area contributed by atoms with E-state index in [1.54, 1.807) is 0 Å². The molecule has 0 saturated carbocycles. The Bertz CT molecular complexity index is 3010. The third-order valence-corrected chi connectivity index (χ3v) is 10.3. The highest BCUT2D eigenvalue weighted by Crippen LogP contribution is 2.43. The average Bonchev–Trinajstić information content (AvgIpc) is 3.74. The molecule has 0 spiro atoms. The molecule has 0 unspecified atom stereocenters. The maximum absolute atomic E-state index is 10.8. The summed E-state index contributed by atoms with van der Waals surface area (Å²) in [5.41, 5.74) is 9.23. The van der Waals surface area contributed by atoms with E-state index in [1.165, 1.54) is 0 Å². The number of para-hydroxylation sites is 4. The van der Waals surface area contributed by atoms with Crippen LogP contribution in [0.5, 0.6) is 0 Å². The van der Waals surface area contributed by atoms with Gasteiger partial charge >= 0.3 is 0 Å². The van der Waals surface area contributed by atoms with Crippen LogP contribution in [-0.4, -0.2) is 9.13 Å². The highest BCUT2D eigenvalue weighted by Gasteiger charge is 2.23. The Morgan fingerprint density at radius 3 is 1.51 bits per heavy atom. The Balaban J connectivity index is 1.27. The molecule has 0 bridgehead atoms. The van der Waals surface area contributed by atoms with Crippen LogP contribution < -0.4 is 4.90 Å². The minimum atomic E-state index is 0.428. The molecule has 0 amide bonds. The quantitative estimate of drug-likeness (QED) is 0.182. The van der Waals surface area contributed by atoms with Crippen LogP contribution in [0.15, 0.2) is 176 Å². The SMILES string of the molecule is N#Cc1cc(-n2c3ccc(N(c4ccccc4)c4ccccc4)cc3c3c4ccccc4ccc32)cc(C#N)c1-n1c2ccccc2c2ccccc21. The van der Waals surface area contributed by atoms with E-state index >= 15 is 0 Å². The van der Waals surface area contributed by atoms with Crippen molar-refractivity contribution >= 4 is 71.4 Å². The van der Waals surface area contributed by atoms with Gasteiger partial charge in [-0.1, -0.05) is 103 Å². The lowest BCUT2D eigenvalue weighted by molar-refractivity contribution is 1.12. The average molecular weight is 676 g/mol. The van der Waals surface area contributed by atoms with Crippen LogP contribution in [-0.2, 0) is 0 Å². The van der Waals surface area contributed by atoms with Crippen LogP contribution in [0.1, 0.15) is 11.1 Å². The Hall–Kier alpha value is -7.60. The van der Waals surface area contributed by atoms with E-state index in [2.05, 4.69) is 154 Å². The predicted molar refractivity (Wildman–Crippen MR) is 217 cm³/mol. The summed E-state index contributed by atoms with van der Waals surface area (Å²) < 4.78 is 4.27. The van der Waals surface area contributed by atoms with Crippen molar-refractivity contribution in [1.82, 2.24) is 9.13 Å². The molecule has 0 atom stereocenters. The molecule has 0 radical (unpaired) electrons. The predicted octanol–water partition coefficient (Wildman–Crippen LogP) is 12.2. The van der Waals surface area contributed by atoms with Gasteiger partial charge in [0.25, 0.3) is 0 Å². The fourth-order valence-corrected chi connectivity index (χ4v) is 8.12. The molecule has 0 N–H and O–H groups in total. The van der Waals surface area contributed by atoms with Crippen LogP contribution in [0.2, 0.25) is 0 Å². The lowest BCUT2D eigenvalue weighted by Gasteiger charge is -2.25. The highest BCUT2D eigenvalue weighted by atomic mass is 15.1. The molecule has 5 nitrogen and oxygen atoms in total. The number of anilines is 3. The molecule has 5 heteroatoms. The van der Waals surface area contributed by atoms with E-state index in [-0.39, 0.29) is 0 Å². The van der Waals surface area contributed by atoms with Gasteiger partial charge in [0, 0.05) is 44.3 Å². The highest BCUT2D eigenvalue weighted by molar-refractivity contribution is 6.22. The van der Waals surface area contributed by atoms with Gasteiger partial charge < -0.3 is 14.0 Å². The molecule has 0 aliphatic heterocycles. The Morgan fingerprint density at radius 2 is 0.906 bits per heavy atom. The number of nitriles is 2. The molecular formula is C48H29N5. The van der Waals surface area contributed by atoms with Gasteiger partial charge in [-0.2, -0.15) is 10.5 Å². The third-order valence-electron chi connectivity index (χ3n) is 10.3. The second-order valence-electron chi connectivity index (χ2n) is 13.2. The van der Waals surface area contributed by atoms with Crippen molar-refractivity contribution in [1.29, 1.82) is 10.5 Å². The number of hydrogen-bond acceptors (Lipinski definition) is 3. The standard InChI is InChI=1S/C48H29N5/c49-30-33-27-38(28-34(31-50)48(33)53-43-21-11-9-19-40(43)41-20-10-12-22-44(41)53)52-45-26-24-37(51(35-14-3-1-4-15-35)36-16-5-2-6-17-36)29-42(45)47-39-18-8-7-13-32(39)23-25-46(47)52/h1-29H. The maximum Gasteiger partial charge on any atom is 0.101 e. The zero-order chi connectivity index (χ0) is 35.5. The molecule has 10 rings (SSSR count). The first-order valence-electron chi connectivity index (χ1n) is 17.6. The monoisotopic (exact) mass is 675 g/mol. The zero-order valence-corrected chi connectivity index (χ0v) is 28.5. The van der Waals surface area contributed by atoms with Crippen LogP contribution >= 0.6 is 0 Å².